The summed E-state index contributed by atoms with van der Waals surface area (Å²) in [6, 6.07) is 16.5. The highest BCUT2D eigenvalue weighted by atomic mass is 32.2. The Hall–Kier alpha value is -2.59. The molecule has 0 unspecified atom stereocenters. The van der Waals surface area contributed by atoms with Crippen LogP contribution in [0.25, 0.3) is 0 Å². The number of nitrogens with zero attached hydrogens (tertiary/aromatic N) is 3. The molecule has 1 fully saturated rings. The van der Waals surface area contributed by atoms with Crippen molar-refractivity contribution >= 4 is 10.0 Å². The van der Waals surface area contributed by atoms with Crippen LogP contribution in [0, 0.1) is 6.92 Å². The number of aliphatic hydroxyl groups excluding tert-OH is 1. The average molecular weight is 471 g/mol. The van der Waals surface area contributed by atoms with E-state index in [9.17, 15) is 13.5 Å². The van der Waals surface area contributed by atoms with Gasteiger partial charge in [-0.05, 0) is 43.4 Å². The van der Waals surface area contributed by atoms with Crippen LogP contribution < -0.4 is 4.72 Å². The monoisotopic (exact) mass is 470 g/mol. The number of hydrogen-bond acceptors (Lipinski definition) is 6. The molecule has 0 radical (unpaired) electrons. The van der Waals surface area contributed by atoms with Crippen LogP contribution in [-0.4, -0.2) is 53.4 Å². The second-order valence-electron chi connectivity index (χ2n) is 8.47. The van der Waals surface area contributed by atoms with Crippen molar-refractivity contribution in [3.8, 4) is 0 Å². The maximum absolute atomic E-state index is 12.8. The number of nitrogens with one attached hydrogen (secondary N) is 1. The lowest BCUT2D eigenvalue weighted by atomic mass is 9.98. The van der Waals surface area contributed by atoms with E-state index in [0.717, 1.165) is 12.1 Å². The molecule has 9 heteroatoms. The first-order valence-corrected chi connectivity index (χ1v) is 12.7. The van der Waals surface area contributed by atoms with E-state index in [1.54, 1.807) is 31.2 Å². The molecule has 2 N–H and O–H groups in total. The van der Waals surface area contributed by atoms with E-state index >= 15 is 0 Å². The third-order valence-corrected chi connectivity index (χ3v) is 7.63. The van der Waals surface area contributed by atoms with E-state index in [4.69, 9.17) is 4.74 Å². The van der Waals surface area contributed by atoms with E-state index in [2.05, 4.69) is 27.2 Å². The van der Waals surface area contributed by atoms with Crippen molar-refractivity contribution in [3.63, 3.8) is 0 Å². The summed E-state index contributed by atoms with van der Waals surface area (Å²) in [5, 5.41) is 18.3. The molecule has 1 aliphatic rings. The fourth-order valence-electron chi connectivity index (χ4n) is 4.21. The Bertz CT molecular complexity index is 1150. The van der Waals surface area contributed by atoms with E-state index in [-0.39, 0.29) is 17.6 Å². The Balaban J connectivity index is 1.30. The van der Waals surface area contributed by atoms with Gasteiger partial charge in [0.25, 0.3) is 0 Å². The summed E-state index contributed by atoms with van der Waals surface area (Å²) in [7, 11) is -3.69. The number of aromatic nitrogens is 3. The standard InChI is InChI=1S/C24H30N4O4S/c1-18-7-5-6-10-24(18)33(30,31)26-22-12-11-21(32-23(22)17-29)13-14-28-16-20(25-27-28)15-19-8-3-2-4-9-19/h2-10,16,21-23,26,29H,11-15,17H2,1H3/t21-,22-,23-/m1/s1. The van der Waals surface area contributed by atoms with Crippen molar-refractivity contribution in [2.75, 3.05) is 6.61 Å². The highest BCUT2D eigenvalue weighted by molar-refractivity contribution is 7.89. The third-order valence-electron chi connectivity index (χ3n) is 5.98. The molecule has 0 aliphatic carbocycles. The van der Waals surface area contributed by atoms with Crippen molar-refractivity contribution in [3.05, 3.63) is 77.6 Å². The number of ether oxygens (including phenoxy) is 1. The SMILES string of the molecule is Cc1ccccc1S(=O)(=O)N[C@@H]1CC[C@H](CCn2cc(Cc3ccccc3)nn2)O[C@@H]1CO. The molecule has 0 bridgehead atoms. The fourth-order valence-corrected chi connectivity index (χ4v) is 5.75. The first kappa shape index (κ1) is 23.6. The summed E-state index contributed by atoms with van der Waals surface area (Å²) in [4.78, 5) is 0.251. The largest absolute Gasteiger partial charge is 0.394 e. The Morgan fingerprint density at radius 3 is 2.64 bits per heavy atom. The molecule has 2 heterocycles. The van der Waals surface area contributed by atoms with Crippen molar-refractivity contribution in [1.82, 2.24) is 19.7 Å². The van der Waals surface area contributed by atoms with Crippen LogP contribution in [-0.2, 0) is 27.7 Å². The lowest BCUT2D eigenvalue weighted by Gasteiger charge is -2.36. The minimum absolute atomic E-state index is 0.0804. The van der Waals surface area contributed by atoms with Crippen molar-refractivity contribution in [2.45, 2.75) is 62.3 Å². The summed E-state index contributed by atoms with van der Waals surface area (Å²) in [5.74, 6) is 0. The molecule has 8 nitrogen and oxygen atoms in total. The molecule has 0 amide bonds. The van der Waals surface area contributed by atoms with Crippen LogP contribution in [0.15, 0.2) is 65.7 Å². The molecular formula is C24H30N4O4S. The second-order valence-corrected chi connectivity index (χ2v) is 10.2. The van der Waals surface area contributed by atoms with Gasteiger partial charge in [0.15, 0.2) is 0 Å². The highest BCUT2D eigenvalue weighted by Crippen LogP contribution is 2.24. The van der Waals surface area contributed by atoms with E-state index < -0.39 is 22.2 Å². The summed E-state index contributed by atoms with van der Waals surface area (Å²) >= 11 is 0. The van der Waals surface area contributed by atoms with Crippen LogP contribution in [0.1, 0.15) is 36.1 Å². The van der Waals surface area contributed by atoms with E-state index in [1.165, 1.54) is 5.56 Å². The predicted octanol–water partition coefficient (Wildman–Crippen LogP) is 2.45. The summed E-state index contributed by atoms with van der Waals surface area (Å²) < 4.78 is 36.3. The molecular weight excluding hydrogens is 440 g/mol. The number of aliphatic hydroxyl groups is 1. The first-order valence-electron chi connectivity index (χ1n) is 11.2. The summed E-state index contributed by atoms with van der Waals surface area (Å²) in [5.41, 5.74) is 2.77. The van der Waals surface area contributed by atoms with Gasteiger partial charge in [-0.1, -0.05) is 53.7 Å². The minimum Gasteiger partial charge on any atom is -0.394 e. The zero-order valence-electron chi connectivity index (χ0n) is 18.7. The topological polar surface area (TPSA) is 106 Å². The average Bonchev–Trinajstić information content (AvgIpc) is 3.26. The number of benzene rings is 2. The van der Waals surface area contributed by atoms with E-state index in [0.29, 0.717) is 31.4 Å². The molecule has 1 aliphatic heterocycles. The van der Waals surface area contributed by atoms with Crippen LogP contribution in [0.4, 0.5) is 0 Å². The quantitative estimate of drug-likeness (QED) is 0.498. The molecule has 4 rings (SSSR count). The maximum Gasteiger partial charge on any atom is 0.241 e. The molecule has 0 spiro atoms. The number of sulfonamides is 1. The van der Waals surface area contributed by atoms with Crippen LogP contribution >= 0.6 is 0 Å². The lowest BCUT2D eigenvalue weighted by Crippen LogP contribution is -2.51. The van der Waals surface area contributed by atoms with Crippen LogP contribution in [0.5, 0.6) is 0 Å². The van der Waals surface area contributed by atoms with Crippen LogP contribution in [0.2, 0.25) is 0 Å². The highest BCUT2D eigenvalue weighted by Gasteiger charge is 2.34. The van der Waals surface area contributed by atoms with Gasteiger partial charge in [0, 0.05) is 19.2 Å². The lowest BCUT2D eigenvalue weighted by molar-refractivity contribution is -0.0891. The Kier molecular flexibility index (Phi) is 7.54. The van der Waals surface area contributed by atoms with Gasteiger partial charge in [-0.2, -0.15) is 0 Å². The zero-order valence-corrected chi connectivity index (χ0v) is 19.5. The third kappa shape index (κ3) is 6.05. The Morgan fingerprint density at radius 1 is 1.12 bits per heavy atom. The van der Waals surface area contributed by atoms with E-state index in [1.807, 2.05) is 29.1 Å². The summed E-state index contributed by atoms with van der Waals surface area (Å²) in [6.45, 7) is 2.16. The van der Waals surface area contributed by atoms with Gasteiger partial charge in [-0.15, -0.1) is 5.10 Å². The minimum atomic E-state index is -3.69. The van der Waals surface area contributed by atoms with Gasteiger partial charge in [0.05, 0.1) is 35.4 Å². The Labute approximate surface area is 194 Å². The number of aryl methyl sites for hydroxylation is 2. The zero-order chi connectivity index (χ0) is 23.3. The van der Waals surface area contributed by atoms with Gasteiger partial charge in [-0.3, -0.25) is 4.68 Å². The second kappa shape index (κ2) is 10.6. The molecule has 3 atom stereocenters. The van der Waals surface area contributed by atoms with Gasteiger partial charge >= 0.3 is 0 Å². The van der Waals surface area contributed by atoms with Crippen molar-refractivity contribution in [2.24, 2.45) is 0 Å². The first-order chi connectivity index (χ1) is 15.9. The van der Waals surface area contributed by atoms with Gasteiger partial charge in [0.1, 0.15) is 0 Å². The smallest absolute Gasteiger partial charge is 0.241 e. The Morgan fingerprint density at radius 2 is 1.88 bits per heavy atom. The molecule has 3 aromatic rings. The molecule has 176 valence electrons. The number of hydrogen-bond donors (Lipinski definition) is 2. The normalized spacial score (nSPS) is 21.2. The number of rotatable bonds is 9. The van der Waals surface area contributed by atoms with Crippen LogP contribution in [0.3, 0.4) is 0 Å². The van der Waals surface area contributed by atoms with Gasteiger partial charge in [0.2, 0.25) is 10.0 Å². The summed E-state index contributed by atoms with van der Waals surface area (Å²) in [6.07, 6.45) is 4.01. The van der Waals surface area contributed by atoms with Gasteiger partial charge in [-0.25, -0.2) is 13.1 Å². The van der Waals surface area contributed by atoms with Crippen molar-refractivity contribution in [1.29, 1.82) is 0 Å². The molecule has 1 aromatic heterocycles. The predicted molar refractivity (Wildman–Crippen MR) is 124 cm³/mol. The molecule has 0 saturated carbocycles. The molecule has 33 heavy (non-hydrogen) atoms. The molecule has 2 aromatic carbocycles. The van der Waals surface area contributed by atoms with Gasteiger partial charge < -0.3 is 9.84 Å². The van der Waals surface area contributed by atoms with Crippen molar-refractivity contribution < 1.29 is 18.3 Å². The molecule has 1 saturated heterocycles. The fraction of sp³-hybridized carbons (Fsp3) is 0.417. The maximum atomic E-state index is 12.8.